The molecular formula is C15H19N3O4. The van der Waals surface area contributed by atoms with E-state index in [0.717, 1.165) is 19.3 Å². The van der Waals surface area contributed by atoms with Crippen molar-refractivity contribution in [1.82, 2.24) is 9.88 Å². The number of hydrogen-bond donors (Lipinski definition) is 1. The summed E-state index contributed by atoms with van der Waals surface area (Å²) in [4.78, 5) is 29.7. The van der Waals surface area contributed by atoms with Gasteiger partial charge in [0.25, 0.3) is 5.91 Å². The number of nitrogens with two attached hydrogens (primary N) is 1. The van der Waals surface area contributed by atoms with Crippen LogP contribution in [0.4, 0.5) is 0 Å². The molecule has 0 aromatic carbocycles. The number of morpholine rings is 1. The Kier molecular flexibility index (Phi) is 4.24. The van der Waals surface area contributed by atoms with Crippen LogP contribution >= 0.6 is 0 Å². The van der Waals surface area contributed by atoms with Gasteiger partial charge in [-0.3, -0.25) is 9.59 Å². The lowest BCUT2D eigenvalue weighted by atomic mass is 9.96. The number of hydrogen-bond acceptors (Lipinski definition) is 5. The second-order valence-electron chi connectivity index (χ2n) is 5.55. The van der Waals surface area contributed by atoms with E-state index in [-0.39, 0.29) is 18.6 Å². The van der Waals surface area contributed by atoms with Gasteiger partial charge < -0.3 is 20.1 Å². The van der Waals surface area contributed by atoms with Crippen molar-refractivity contribution in [3.63, 3.8) is 0 Å². The van der Waals surface area contributed by atoms with Gasteiger partial charge >= 0.3 is 0 Å². The van der Waals surface area contributed by atoms with Gasteiger partial charge in [-0.15, -0.1) is 0 Å². The SMILES string of the molecule is NC(=O)C1COCCN1C(=O)c1ccnc(OC2CCC2)c1. The van der Waals surface area contributed by atoms with E-state index in [1.165, 1.54) is 4.90 Å². The maximum absolute atomic E-state index is 12.6. The number of primary amides is 1. The van der Waals surface area contributed by atoms with Crippen LogP contribution in [0.5, 0.6) is 5.88 Å². The summed E-state index contributed by atoms with van der Waals surface area (Å²) in [5.41, 5.74) is 5.79. The van der Waals surface area contributed by atoms with Crippen LogP contribution < -0.4 is 10.5 Å². The highest BCUT2D eigenvalue weighted by atomic mass is 16.5. The molecule has 3 rings (SSSR count). The van der Waals surface area contributed by atoms with Crippen LogP contribution in [-0.4, -0.2) is 53.6 Å². The molecular weight excluding hydrogens is 286 g/mol. The minimum Gasteiger partial charge on any atom is -0.474 e. The number of amides is 2. The van der Waals surface area contributed by atoms with Crippen LogP contribution in [0.1, 0.15) is 29.6 Å². The van der Waals surface area contributed by atoms with Crippen LogP contribution in [0.25, 0.3) is 0 Å². The van der Waals surface area contributed by atoms with Crippen molar-refractivity contribution in [3.05, 3.63) is 23.9 Å². The van der Waals surface area contributed by atoms with Crippen molar-refractivity contribution < 1.29 is 19.1 Å². The van der Waals surface area contributed by atoms with E-state index in [1.807, 2.05) is 0 Å². The molecule has 0 bridgehead atoms. The molecule has 1 aromatic rings. The van der Waals surface area contributed by atoms with Crippen LogP contribution in [0.15, 0.2) is 18.3 Å². The van der Waals surface area contributed by atoms with Crippen molar-refractivity contribution >= 4 is 11.8 Å². The fraction of sp³-hybridized carbons (Fsp3) is 0.533. The van der Waals surface area contributed by atoms with E-state index in [4.69, 9.17) is 15.2 Å². The van der Waals surface area contributed by atoms with Crippen LogP contribution in [0, 0.1) is 0 Å². The molecule has 1 saturated carbocycles. The Morgan fingerprint density at radius 3 is 2.91 bits per heavy atom. The maximum Gasteiger partial charge on any atom is 0.254 e. The number of aromatic nitrogens is 1. The molecule has 2 N–H and O–H groups in total. The molecule has 1 aliphatic heterocycles. The van der Waals surface area contributed by atoms with Gasteiger partial charge in [0, 0.05) is 24.4 Å². The quantitative estimate of drug-likeness (QED) is 0.865. The number of carbonyl (C=O) groups excluding carboxylic acids is 2. The van der Waals surface area contributed by atoms with Gasteiger partial charge in [-0.2, -0.15) is 0 Å². The molecule has 1 aromatic heterocycles. The van der Waals surface area contributed by atoms with E-state index in [0.29, 0.717) is 24.6 Å². The summed E-state index contributed by atoms with van der Waals surface area (Å²) >= 11 is 0. The zero-order chi connectivity index (χ0) is 15.5. The normalized spacial score (nSPS) is 22.0. The predicted octanol–water partition coefficient (Wildman–Crippen LogP) is 0.339. The largest absolute Gasteiger partial charge is 0.474 e. The highest BCUT2D eigenvalue weighted by Crippen LogP contribution is 2.24. The highest BCUT2D eigenvalue weighted by molar-refractivity contribution is 5.97. The first-order chi connectivity index (χ1) is 10.6. The van der Waals surface area contributed by atoms with E-state index in [1.54, 1.807) is 18.3 Å². The van der Waals surface area contributed by atoms with Gasteiger partial charge in [-0.05, 0) is 25.3 Å². The van der Waals surface area contributed by atoms with E-state index in [9.17, 15) is 9.59 Å². The van der Waals surface area contributed by atoms with Gasteiger partial charge in [0.2, 0.25) is 11.8 Å². The molecule has 22 heavy (non-hydrogen) atoms. The molecule has 1 saturated heterocycles. The molecule has 0 spiro atoms. The monoisotopic (exact) mass is 305 g/mol. The van der Waals surface area contributed by atoms with Crippen LogP contribution in [0.3, 0.4) is 0 Å². The number of ether oxygens (including phenoxy) is 2. The standard InChI is InChI=1S/C15H19N3O4/c16-14(19)12-9-21-7-6-18(12)15(20)10-4-5-17-13(8-10)22-11-2-1-3-11/h4-5,8,11-12H,1-3,6-7,9H2,(H2,16,19). The predicted molar refractivity (Wildman–Crippen MR) is 77.3 cm³/mol. The number of nitrogens with zero attached hydrogens (tertiary/aromatic N) is 2. The van der Waals surface area contributed by atoms with Gasteiger partial charge in [0.15, 0.2) is 0 Å². The summed E-state index contributed by atoms with van der Waals surface area (Å²) in [5.74, 6) is -0.375. The van der Waals surface area contributed by atoms with Crippen molar-refractivity contribution in [1.29, 1.82) is 0 Å². The molecule has 1 atom stereocenters. The Bertz CT molecular complexity index is 574. The molecule has 7 nitrogen and oxygen atoms in total. The molecule has 2 amide bonds. The first-order valence-electron chi connectivity index (χ1n) is 7.46. The third kappa shape index (κ3) is 3.04. The van der Waals surface area contributed by atoms with Crippen LogP contribution in [-0.2, 0) is 9.53 Å². The van der Waals surface area contributed by atoms with E-state index >= 15 is 0 Å². The zero-order valence-corrected chi connectivity index (χ0v) is 12.2. The van der Waals surface area contributed by atoms with Gasteiger partial charge in [-0.1, -0.05) is 0 Å². The first-order valence-corrected chi connectivity index (χ1v) is 7.46. The fourth-order valence-corrected chi connectivity index (χ4v) is 2.51. The number of carbonyl (C=O) groups is 2. The third-order valence-corrected chi connectivity index (χ3v) is 4.04. The second-order valence-corrected chi connectivity index (χ2v) is 5.55. The number of pyridine rings is 1. The molecule has 2 aliphatic rings. The Morgan fingerprint density at radius 1 is 1.41 bits per heavy atom. The van der Waals surface area contributed by atoms with Gasteiger partial charge in [-0.25, -0.2) is 4.98 Å². The summed E-state index contributed by atoms with van der Waals surface area (Å²) in [6.45, 7) is 0.872. The lowest BCUT2D eigenvalue weighted by Gasteiger charge is -2.33. The first kappa shape index (κ1) is 14.8. The average Bonchev–Trinajstić information content (AvgIpc) is 2.50. The minimum absolute atomic E-state index is 0.136. The Morgan fingerprint density at radius 2 is 2.23 bits per heavy atom. The van der Waals surface area contributed by atoms with Gasteiger partial charge in [0.05, 0.1) is 13.2 Å². The summed E-state index contributed by atoms with van der Waals surface area (Å²) in [6.07, 6.45) is 4.94. The number of rotatable bonds is 4. The van der Waals surface area contributed by atoms with Crippen molar-refractivity contribution in [2.45, 2.75) is 31.4 Å². The molecule has 1 unspecified atom stereocenters. The lowest BCUT2D eigenvalue weighted by molar-refractivity contribution is -0.127. The van der Waals surface area contributed by atoms with E-state index < -0.39 is 11.9 Å². The smallest absolute Gasteiger partial charge is 0.254 e. The highest BCUT2D eigenvalue weighted by Gasteiger charge is 2.32. The van der Waals surface area contributed by atoms with Crippen molar-refractivity contribution in [2.24, 2.45) is 5.73 Å². The molecule has 118 valence electrons. The Labute approximate surface area is 128 Å². The third-order valence-electron chi connectivity index (χ3n) is 4.04. The van der Waals surface area contributed by atoms with E-state index in [2.05, 4.69) is 4.98 Å². The van der Waals surface area contributed by atoms with Crippen molar-refractivity contribution in [3.8, 4) is 5.88 Å². The Hall–Kier alpha value is -2.15. The van der Waals surface area contributed by atoms with Crippen molar-refractivity contribution in [2.75, 3.05) is 19.8 Å². The summed E-state index contributed by atoms with van der Waals surface area (Å²) in [6, 6.07) is 2.50. The summed E-state index contributed by atoms with van der Waals surface area (Å²) in [7, 11) is 0. The lowest BCUT2D eigenvalue weighted by Crippen LogP contribution is -2.54. The van der Waals surface area contributed by atoms with Crippen LogP contribution in [0.2, 0.25) is 0 Å². The molecule has 1 aliphatic carbocycles. The fourth-order valence-electron chi connectivity index (χ4n) is 2.51. The molecule has 2 heterocycles. The topological polar surface area (TPSA) is 94.8 Å². The molecule has 0 radical (unpaired) electrons. The molecule has 2 fully saturated rings. The Balaban J connectivity index is 1.75. The summed E-state index contributed by atoms with van der Waals surface area (Å²) < 4.78 is 10.9. The maximum atomic E-state index is 12.6. The second kappa shape index (κ2) is 6.31. The van der Waals surface area contributed by atoms with Gasteiger partial charge in [0.1, 0.15) is 12.1 Å². The summed E-state index contributed by atoms with van der Waals surface area (Å²) in [5, 5.41) is 0. The average molecular weight is 305 g/mol. The zero-order valence-electron chi connectivity index (χ0n) is 12.2. The minimum atomic E-state index is -0.731. The molecule has 7 heteroatoms.